The predicted molar refractivity (Wildman–Crippen MR) is 26.6 cm³/mol. The molecule has 0 radical (unpaired) electrons. The van der Waals surface area contributed by atoms with Gasteiger partial charge in [0.05, 0.1) is 0 Å². The summed E-state index contributed by atoms with van der Waals surface area (Å²) in [6.45, 7) is 4.31. The first-order chi connectivity index (χ1) is 2.89. The minimum atomic E-state index is 1.08. The molecule has 0 bridgehead atoms. The molecule has 0 aromatic carbocycles. The van der Waals surface area contributed by atoms with Crippen LogP contribution in [0.15, 0.2) is 11.6 Å². The van der Waals surface area contributed by atoms with Crippen molar-refractivity contribution in [2.45, 2.75) is 6.92 Å². The normalized spacial score (nSPS) is 21.2. The lowest BCUT2D eigenvalue weighted by Crippen LogP contribution is -2.06. The Kier molecular flexibility index (Phi) is 0.926. The molecule has 0 aromatic rings. The third-order valence-corrected chi connectivity index (χ3v) is 0.999. The summed E-state index contributed by atoms with van der Waals surface area (Å²) < 4.78 is 0. The van der Waals surface area contributed by atoms with E-state index in [0.29, 0.717) is 0 Å². The fraction of sp³-hybridized carbons (Fsp3) is 0.600. The highest BCUT2D eigenvalue weighted by Crippen LogP contribution is 1.92. The van der Waals surface area contributed by atoms with Gasteiger partial charge in [-0.3, -0.25) is 0 Å². The largest absolute Gasteiger partial charge is 0.310 e. The minimum Gasteiger partial charge on any atom is -0.310 e. The Morgan fingerprint density at radius 1 is 1.83 bits per heavy atom. The first-order valence-corrected chi connectivity index (χ1v) is 2.26. The molecular formula is C5H9N. The standard InChI is InChI=1S/C5H9N/c1-5-2-3-6-4-5/h2,6H,3-4H2,1H3. The SMILES string of the molecule is CC1=CCNC1. The third kappa shape index (κ3) is 0.601. The summed E-state index contributed by atoms with van der Waals surface area (Å²) in [5.41, 5.74) is 1.47. The van der Waals surface area contributed by atoms with Gasteiger partial charge in [0.1, 0.15) is 0 Å². The van der Waals surface area contributed by atoms with Gasteiger partial charge in [0, 0.05) is 13.1 Å². The maximum Gasteiger partial charge on any atom is 0.0165 e. The van der Waals surface area contributed by atoms with E-state index in [0.717, 1.165) is 13.1 Å². The Balaban J connectivity index is 2.45. The first kappa shape index (κ1) is 3.88. The van der Waals surface area contributed by atoms with Gasteiger partial charge in [0.25, 0.3) is 0 Å². The smallest absolute Gasteiger partial charge is 0.0165 e. The zero-order valence-corrected chi connectivity index (χ0v) is 3.99. The van der Waals surface area contributed by atoms with Crippen molar-refractivity contribution in [3.8, 4) is 0 Å². The van der Waals surface area contributed by atoms with Crippen molar-refractivity contribution in [2.24, 2.45) is 0 Å². The molecule has 1 heteroatoms. The van der Waals surface area contributed by atoms with Crippen LogP contribution >= 0.6 is 0 Å². The zero-order valence-electron chi connectivity index (χ0n) is 3.99. The molecule has 0 saturated carbocycles. The monoisotopic (exact) mass is 83.1 g/mol. The van der Waals surface area contributed by atoms with Crippen LogP contribution in [0.3, 0.4) is 0 Å². The van der Waals surface area contributed by atoms with E-state index in [1.54, 1.807) is 0 Å². The molecule has 1 rings (SSSR count). The summed E-state index contributed by atoms with van der Waals surface area (Å²) in [5, 5.41) is 3.18. The third-order valence-electron chi connectivity index (χ3n) is 0.999. The Bertz CT molecular complexity index is 74.0. The Morgan fingerprint density at radius 2 is 2.67 bits per heavy atom. The van der Waals surface area contributed by atoms with Crippen molar-refractivity contribution in [3.63, 3.8) is 0 Å². The van der Waals surface area contributed by atoms with E-state index in [4.69, 9.17) is 0 Å². The fourth-order valence-corrected chi connectivity index (χ4v) is 0.588. The molecular weight excluding hydrogens is 74.1 g/mol. The van der Waals surface area contributed by atoms with Crippen LogP contribution in [0.2, 0.25) is 0 Å². The summed E-state index contributed by atoms with van der Waals surface area (Å²) in [5.74, 6) is 0. The zero-order chi connectivity index (χ0) is 4.41. The predicted octanol–water partition coefficient (Wildman–Crippen LogP) is 0.536. The Labute approximate surface area is 38.1 Å². The summed E-state index contributed by atoms with van der Waals surface area (Å²) in [4.78, 5) is 0. The van der Waals surface area contributed by atoms with E-state index in [9.17, 15) is 0 Å². The average Bonchev–Trinajstić information content (AvgIpc) is 1.86. The van der Waals surface area contributed by atoms with Crippen molar-refractivity contribution in [3.05, 3.63) is 11.6 Å². The lowest BCUT2D eigenvalue weighted by molar-refractivity contribution is 0.875. The number of hydrogen-bond acceptors (Lipinski definition) is 1. The van der Waals surface area contributed by atoms with E-state index in [1.165, 1.54) is 5.57 Å². The van der Waals surface area contributed by atoms with E-state index in [1.807, 2.05) is 0 Å². The van der Waals surface area contributed by atoms with E-state index < -0.39 is 0 Å². The van der Waals surface area contributed by atoms with Gasteiger partial charge in [-0.2, -0.15) is 0 Å². The van der Waals surface area contributed by atoms with Crippen LogP contribution in [0.1, 0.15) is 6.92 Å². The van der Waals surface area contributed by atoms with Gasteiger partial charge in [0.15, 0.2) is 0 Å². The van der Waals surface area contributed by atoms with Crippen LogP contribution in [-0.4, -0.2) is 13.1 Å². The molecule has 0 aliphatic carbocycles. The molecule has 0 unspecified atom stereocenters. The van der Waals surface area contributed by atoms with Gasteiger partial charge in [-0.25, -0.2) is 0 Å². The summed E-state index contributed by atoms with van der Waals surface area (Å²) in [6.07, 6.45) is 2.21. The minimum absolute atomic E-state index is 1.08. The number of hydrogen-bond donors (Lipinski definition) is 1. The van der Waals surface area contributed by atoms with Crippen molar-refractivity contribution < 1.29 is 0 Å². The molecule has 0 fully saturated rings. The summed E-state index contributed by atoms with van der Waals surface area (Å²) >= 11 is 0. The fourth-order valence-electron chi connectivity index (χ4n) is 0.588. The maximum absolute atomic E-state index is 3.18. The second-order valence-electron chi connectivity index (χ2n) is 1.68. The van der Waals surface area contributed by atoms with E-state index in [-0.39, 0.29) is 0 Å². The molecule has 34 valence electrons. The molecule has 1 nitrogen and oxygen atoms in total. The van der Waals surface area contributed by atoms with E-state index in [2.05, 4.69) is 18.3 Å². The molecule has 0 amide bonds. The second kappa shape index (κ2) is 1.43. The highest BCUT2D eigenvalue weighted by atomic mass is 14.9. The van der Waals surface area contributed by atoms with Gasteiger partial charge in [-0.05, 0) is 6.92 Å². The van der Waals surface area contributed by atoms with Gasteiger partial charge < -0.3 is 5.32 Å². The number of rotatable bonds is 0. The Hall–Kier alpha value is -0.300. The number of nitrogens with one attached hydrogen (secondary N) is 1. The van der Waals surface area contributed by atoms with Crippen LogP contribution in [0.4, 0.5) is 0 Å². The molecule has 6 heavy (non-hydrogen) atoms. The summed E-state index contributed by atoms with van der Waals surface area (Å²) in [7, 11) is 0. The van der Waals surface area contributed by atoms with Gasteiger partial charge in [0.2, 0.25) is 0 Å². The second-order valence-corrected chi connectivity index (χ2v) is 1.68. The highest BCUT2D eigenvalue weighted by Gasteiger charge is 1.92. The van der Waals surface area contributed by atoms with Gasteiger partial charge in [-0.1, -0.05) is 11.6 Å². The van der Waals surface area contributed by atoms with E-state index >= 15 is 0 Å². The molecule has 0 aromatic heterocycles. The quantitative estimate of drug-likeness (QED) is 0.421. The maximum atomic E-state index is 3.18. The van der Waals surface area contributed by atoms with Gasteiger partial charge in [-0.15, -0.1) is 0 Å². The topological polar surface area (TPSA) is 12.0 Å². The van der Waals surface area contributed by atoms with Crippen LogP contribution in [0.5, 0.6) is 0 Å². The van der Waals surface area contributed by atoms with Crippen molar-refractivity contribution in [1.29, 1.82) is 0 Å². The van der Waals surface area contributed by atoms with Crippen LogP contribution in [-0.2, 0) is 0 Å². The molecule has 1 aliphatic rings. The van der Waals surface area contributed by atoms with Crippen molar-refractivity contribution >= 4 is 0 Å². The van der Waals surface area contributed by atoms with Crippen LogP contribution in [0.25, 0.3) is 0 Å². The highest BCUT2D eigenvalue weighted by molar-refractivity contribution is 5.06. The molecule has 0 spiro atoms. The molecule has 1 N–H and O–H groups in total. The molecule has 1 heterocycles. The lowest BCUT2D eigenvalue weighted by Gasteiger charge is -1.83. The van der Waals surface area contributed by atoms with Crippen molar-refractivity contribution in [2.75, 3.05) is 13.1 Å². The average molecular weight is 83.1 g/mol. The van der Waals surface area contributed by atoms with Crippen LogP contribution in [0, 0.1) is 0 Å². The molecule has 1 aliphatic heterocycles. The van der Waals surface area contributed by atoms with Crippen molar-refractivity contribution in [1.82, 2.24) is 5.32 Å². The first-order valence-electron chi connectivity index (χ1n) is 2.26. The lowest BCUT2D eigenvalue weighted by atomic mass is 10.3. The van der Waals surface area contributed by atoms with Crippen LogP contribution < -0.4 is 5.32 Å². The summed E-state index contributed by atoms with van der Waals surface area (Å²) in [6, 6.07) is 0. The van der Waals surface area contributed by atoms with Gasteiger partial charge >= 0.3 is 0 Å². The molecule has 0 atom stereocenters. The Morgan fingerprint density at radius 3 is 2.83 bits per heavy atom. The molecule has 0 saturated heterocycles.